The molecule has 0 unspecified atom stereocenters. The number of aromatic nitrogens is 3. The summed E-state index contributed by atoms with van der Waals surface area (Å²) in [5.74, 6) is 1.66. The molecule has 0 aliphatic carbocycles. The fourth-order valence-electron chi connectivity index (χ4n) is 5.28. The molecule has 3 aromatic rings. The maximum Gasteiger partial charge on any atom is 0.243 e. The Morgan fingerprint density at radius 2 is 1.80 bits per heavy atom. The molecule has 0 saturated carbocycles. The third-order valence-corrected chi connectivity index (χ3v) is 8.20. The van der Waals surface area contributed by atoms with Crippen molar-refractivity contribution in [2.24, 2.45) is 5.41 Å². The molecule has 1 amide bonds. The van der Waals surface area contributed by atoms with Gasteiger partial charge in [-0.15, -0.1) is 0 Å². The zero-order valence-corrected chi connectivity index (χ0v) is 23.5. The third-order valence-electron chi connectivity index (χ3n) is 7.45. The first-order valence-electron chi connectivity index (χ1n) is 12.7. The molecular formula is C27H28Cl2N6O5. The summed E-state index contributed by atoms with van der Waals surface area (Å²) in [5.41, 5.74) is 1.85. The Bertz CT molecular complexity index is 1460. The molecule has 3 aliphatic rings. The fraction of sp³-hybridized carbons (Fsp3) is 0.407. The Hall–Kier alpha value is -3.38. The highest BCUT2D eigenvalue weighted by molar-refractivity contribution is 6.41. The van der Waals surface area contributed by atoms with E-state index in [2.05, 4.69) is 27.1 Å². The van der Waals surface area contributed by atoms with Gasteiger partial charge in [-0.05, 0) is 12.1 Å². The summed E-state index contributed by atoms with van der Waals surface area (Å²) in [6.45, 7) is 7.34. The smallest absolute Gasteiger partial charge is 0.243 e. The number of benzene rings is 1. The van der Waals surface area contributed by atoms with Crippen LogP contribution in [0.4, 0.5) is 11.8 Å². The minimum absolute atomic E-state index is 0.143. The molecule has 210 valence electrons. The van der Waals surface area contributed by atoms with Crippen molar-refractivity contribution < 1.29 is 23.7 Å². The lowest BCUT2D eigenvalue weighted by molar-refractivity contribution is -0.127. The zero-order valence-electron chi connectivity index (χ0n) is 22.0. The van der Waals surface area contributed by atoms with Crippen LogP contribution in [-0.2, 0) is 14.3 Å². The molecule has 40 heavy (non-hydrogen) atoms. The van der Waals surface area contributed by atoms with Gasteiger partial charge in [-0.2, -0.15) is 0 Å². The first-order chi connectivity index (χ1) is 19.3. The van der Waals surface area contributed by atoms with Crippen molar-refractivity contribution in [1.29, 1.82) is 0 Å². The summed E-state index contributed by atoms with van der Waals surface area (Å²) in [6.07, 6.45) is 2.97. The van der Waals surface area contributed by atoms with Crippen LogP contribution in [0, 0.1) is 5.41 Å². The number of carbonyl (C=O) groups is 1. The molecule has 11 nitrogen and oxygen atoms in total. The number of nitrogens with zero attached hydrogens (tertiary/aromatic N) is 4. The molecule has 3 saturated heterocycles. The van der Waals surface area contributed by atoms with Gasteiger partial charge in [-0.3, -0.25) is 4.79 Å². The van der Waals surface area contributed by atoms with Gasteiger partial charge in [0.25, 0.3) is 0 Å². The van der Waals surface area contributed by atoms with E-state index in [4.69, 9.17) is 52.1 Å². The zero-order chi connectivity index (χ0) is 28.0. The van der Waals surface area contributed by atoms with Gasteiger partial charge < -0.3 is 34.5 Å². The number of nitrogens with one attached hydrogen (secondary N) is 2. The quantitative estimate of drug-likeness (QED) is 0.380. The first kappa shape index (κ1) is 26.8. The van der Waals surface area contributed by atoms with Gasteiger partial charge in [0, 0.05) is 36.3 Å². The number of halogens is 2. The lowest BCUT2D eigenvalue weighted by atomic mass is 9.78. The monoisotopic (exact) mass is 586 g/mol. The minimum atomic E-state index is -0.265. The maximum atomic E-state index is 11.9. The molecule has 6 rings (SSSR count). The van der Waals surface area contributed by atoms with Gasteiger partial charge in [0.2, 0.25) is 11.9 Å². The van der Waals surface area contributed by atoms with E-state index in [1.54, 1.807) is 12.3 Å². The summed E-state index contributed by atoms with van der Waals surface area (Å²) >= 11 is 13.5. The maximum absolute atomic E-state index is 11.9. The van der Waals surface area contributed by atoms with Crippen LogP contribution in [0.2, 0.25) is 10.0 Å². The van der Waals surface area contributed by atoms with Crippen LogP contribution < -0.4 is 25.0 Å². The molecule has 3 fully saturated rings. The number of methoxy groups -OCH3 is 2. The second kappa shape index (κ2) is 10.5. The van der Waals surface area contributed by atoms with Crippen LogP contribution in [0.25, 0.3) is 22.2 Å². The predicted octanol–water partition coefficient (Wildman–Crippen LogP) is 3.33. The molecule has 1 aromatic carbocycles. The Kier molecular flexibility index (Phi) is 7.07. The van der Waals surface area contributed by atoms with E-state index >= 15 is 0 Å². The van der Waals surface area contributed by atoms with Gasteiger partial charge in [-0.1, -0.05) is 29.8 Å². The lowest BCUT2D eigenvalue weighted by Crippen LogP contribution is -2.66. The van der Waals surface area contributed by atoms with Crippen LogP contribution in [0.5, 0.6) is 11.5 Å². The molecule has 0 radical (unpaired) electrons. The van der Waals surface area contributed by atoms with E-state index < -0.39 is 0 Å². The molecule has 0 bridgehead atoms. The highest BCUT2D eigenvalue weighted by atomic mass is 35.5. The number of anilines is 2. The molecule has 2 aromatic heterocycles. The van der Waals surface area contributed by atoms with E-state index in [1.165, 1.54) is 20.3 Å². The van der Waals surface area contributed by atoms with E-state index in [1.807, 2.05) is 6.07 Å². The van der Waals surface area contributed by atoms with Crippen molar-refractivity contribution in [3.05, 3.63) is 41.0 Å². The molecule has 1 spiro atoms. The van der Waals surface area contributed by atoms with Gasteiger partial charge in [0.1, 0.15) is 17.0 Å². The summed E-state index contributed by atoms with van der Waals surface area (Å²) in [4.78, 5) is 28.5. The van der Waals surface area contributed by atoms with Crippen LogP contribution >= 0.6 is 23.2 Å². The Balaban J connectivity index is 1.41. The van der Waals surface area contributed by atoms with Gasteiger partial charge in [-0.25, -0.2) is 15.0 Å². The summed E-state index contributed by atoms with van der Waals surface area (Å²) in [7, 11) is 3.06. The summed E-state index contributed by atoms with van der Waals surface area (Å²) in [6, 6.07) is 3.04. The average Bonchev–Trinajstić information content (AvgIpc) is 3.33. The Morgan fingerprint density at radius 3 is 2.42 bits per heavy atom. The average molecular weight is 587 g/mol. The van der Waals surface area contributed by atoms with E-state index in [9.17, 15) is 4.79 Å². The van der Waals surface area contributed by atoms with E-state index in [0.717, 1.165) is 31.7 Å². The normalized spacial score (nSPS) is 21.1. The molecule has 5 heterocycles. The van der Waals surface area contributed by atoms with Crippen molar-refractivity contribution in [2.45, 2.75) is 12.1 Å². The fourth-order valence-corrected chi connectivity index (χ4v) is 5.98. The Morgan fingerprint density at radius 1 is 1.10 bits per heavy atom. The summed E-state index contributed by atoms with van der Waals surface area (Å²) in [5, 5.41) is 7.60. The molecular weight excluding hydrogens is 559 g/mol. The number of fused-ring (bicyclic) bond motifs is 1. The van der Waals surface area contributed by atoms with Crippen molar-refractivity contribution >= 4 is 51.8 Å². The number of hydrogen-bond acceptors (Lipinski definition) is 10. The van der Waals surface area contributed by atoms with Crippen LogP contribution in [0.1, 0.15) is 0 Å². The highest BCUT2D eigenvalue weighted by Crippen LogP contribution is 2.47. The van der Waals surface area contributed by atoms with Crippen molar-refractivity contribution in [2.75, 3.05) is 64.0 Å². The number of ether oxygens (including phenoxy) is 4. The number of rotatable bonds is 8. The predicted molar refractivity (Wildman–Crippen MR) is 152 cm³/mol. The highest BCUT2D eigenvalue weighted by Gasteiger charge is 2.50. The number of pyridine rings is 1. The van der Waals surface area contributed by atoms with Crippen LogP contribution in [-0.4, -0.2) is 86.7 Å². The molecule has 2 atom stereocenters. The SMILES string of the molecule is C=CC(=O)N[C@H]1COC[C@H]1Nc1ncc2cc(-c3c(Cl)c(OC)cc(OC)c3Cl)nc(N3CC4(COC4)C3)c2n1. The van der Waals surface area contributed by atoms with Gasteiger partial charge >= 0.3 is 0 Å². The van der Waals surface area contributed by atoms with Crippen molar-refractivity contribution in [3.63, 3.8) is 0 Å². The second-order valence-corrected chi connectivity index (χ2v) is 11.0. The van der Waals surface area contributed by atoms with Crippen molar-refractivity contribution in [3.8, 4) is 22.8 Å². The third kappa shape index (κ3) is 4.66. The lowest BCUT2D eigenvalue weighted by Gasteiger charge is -2.55. The molecule has 2 N–H and O–H groups in total. The van der Waals surface area contributed by atoms with Gasteiger partial charge in [0.15, 0.2) is 5.82 Å². The topological polar surface area (TPSA) is 120 Å². The first-order valence-corrected chi connectivity index (χ1v) is 13.5. The van der Waals surface area contributed by atoms with Gasteiger partial charge in [0.05, 0.1) is 73.9 Å². The summed E-state index contributed by atoms with van der Waals surface area (Å²) < 4.78 is 22.0. The molecule has 13 heteroatoms. The molecule has 3 aliphatic heterocycles. The number of carbonyl (C=O) groups excluding carboxylic acids is 1. The second-order valence-electron chi connectivity index (χ2n) is 10.2. The van der Waals surface area contributed by atoms with Crippen molar-refractivity contribution in [1.82, 2.24) is 20.3 Å². The number of amides is 1. The largest absolute Gasteiger partial charge is 0.495 e. The van der Waals surface area contributed by atoms with E-state index in [-0.39, 0.29) is 23.4 Å². The van der Waals surface area contributed by atoms with Crippen LogP contribution in [0.15, 0.2) is 31.0 Å². The van der Waals surface area contributed by atoms with Crippen LogP contribution in [0.3, 0.4) is 0 Å². The Labute approximate surface area is 240 Å². The number of hydrogen-bond donors (Lipinski definition) is 2. The standard InChI is InChI=1S/C27H28Cl2N6O5/c1-4-20(36)31-16-8-39-9-17(16)33-26-30-7-14-5-15(21-22(28)18(37-2)6-19(38-3)23(21)29)32-25(24(14)34-26)35-10-27(11-35)12-40-13-27/h4-7,16-17H,1,8-13H2,2-3H3,(H,31,36)(H,30,33,34)/t16-,17+/m0/s1. The van der Waals surface area contributed by atoms with E-state index in [0.29, 0.717) is 63.3 Å². The minimum Gasteiger partial charge on any atom is -0.495 e.